The lowest BCUT2D eigenvalue weighted by molar-refractivity contribution is 0.0266. The first-order valence-electron chi connectivity index (χ1n) is 10.4. The van der Waals surface area contributed by atoms with Crippen molar-refractivity contribution in [2.75, 3.05) is 24.7 Å². The van der Waals surface area contributed by atoms with Crippen molar-refractivity contribution in [1.29, 1.82) is 0 Å². The molecule has 0 radical (unpaired) electrons. The van der Waals surface area contributed by atoms with E-state index in [0.717, 1.165) is 18.2 Å². The summed E-state index contributed by atoms with van der Waals surface area (Å²) in [5.41, 5.74) is 0.0222. The highest BCUT2D eigenvalue weighted by atomic mass is 32.2. The smallest absolute Gasteiger partial charge is 0.255 e. The summed E-state index contributed by atoms with van der Waals surface area (Å²) < 4.78 is 26.5. The fraction of sp³-hybridized carbons (Fsp3) is 0.650. The van der Waals surface area contributed by atoms with Crippen molar-refractivity contribution >= 4 is 27.0 Å². The zero-order valence-electron chi connectivity index (χ0n) is 17.6. The van der Waals surface area contributed by atoms with Crippen LogP contribution in [0.15, 0.2) is 17.1 Å². The Bertz CT molecular complexity index is 1120. The van der Waals surface area contributed by atoms with Gasteiger partial charge in [-0.2, -0.15) is 4.98 Å². The van der Waals surface area contributed by atoms with Crippen molar-refractivity contribution in [3.8, 4) is 0 Å². The molecular weight excluding hydrogens is 406 g/mol. The highest BCUT2D eigenvalue weighted by Gasteiger charge is 2.39. The molecule has 2 aliphatic rings. The van der Waals surface area contributed by atoms with E-state index in [1.165, 1.54) is 10.6 Å². The van der Waals surface area contributed by atoms with Crippen LogP contribution in [-0.4, -0.2) is 63.4 Å². The molecule has 164 valence electrons. The first-order valence-corrected chi connectivity index (χ1v) is 12.2. The molecule has 10 heteroatoms. The molecule has 1 saturated heterocycles. The molecule has 0 amide bonds. The van der Waals surface area contributed by atoms with E-state index in [0.29, 0.717) is 49.5 Å². The first-order chi connectivity index (χ1) is 14.1. The quantitative estimate of drug-likeness (QED) is 0.746. The Morgan fingerprint density at radius 1 is 1.27 bits per heavy atom. The van der Waals surface area contributed by atoms with Gasteiger partial charge in [-0.05, 0) is 52.0 Å². The van der Waals surface area contributed by atoms with E-state index < -0.39 is 15.6 Å². The predicted octanol–water partition coefficient (Wildman–Crippen LogP) is 1.41. The highest BCUT2D eigenvalue weighted by molar-refractivity contribution is 7.88. The summed E-state index contributed by atoms with van der Waals surface area (Å²) in [6, 6.07) is 1.51. The number of rotatable bonds is 4. The second-order valence-electron chi connectivity index (χ2n) is 8.82. The van der Waals surface area contributed by atoms with Crippen LogP contribution in [0.5, 0.6) is 0 Å². The number of aryl methyl sites for hydroxylation is 1. The van der Waals surface area contributed by atoms with Gasteiger partial charge in [0.25, 0.3) is 5.56 Å². The second-order valence-corrected chi connectivity index (χ2v) is 10.8. The number of hydrogen-bond donors (Lipinski definition) is 2. The maximum atomic E-state index is 13.0. The predicted molar refractivity (Wildman–Crippen MR) is 115 cm³/mol. The molecule has 0 aromatic carbocycles. The van der Waals surface area contributed by atoms with E-state index >= 15 is 0 Å². The van der Waals surface area contributed by atoms with Crippen LogP contribution < -0.4 is 10.9 Å². The molecule has 1 aliphatic carbocycles. The summed E-state index contributed by atoms with van der Waals surface area (Å²) in [7, 11) is -3.17. The van der Waals surface area contributed by atoms with Crippen molar-refractivity contribution in [2.45, 2.75) is 63.6 Å². The molecular formula is C20H29N5O4S. The zero-order chi connectivity index (χ0) is 21.7. The van der Waals surface area contributed by atoms with Gasteiger partial charge in [-0.25, -0.2) is 17.7 Å². The third-order valence-corrected chi connectivity index (χ3v) is 7.70. The van der Waals surface area contributed by atoms with Gasteiger partial charge in [0.15, 0.2) is 0 Å². The van der Waals surface area contributed by atoms with Crippen LogP contribution in [0, 0.1) is 6.92 Å². The minimum absolute atomic E-state index is 0.0562. The van der Waals surface area contributed by atoms with Gasteiger partial charge in [0, 0.05) is 36.3 Å². The van der Waals surface area contributed by atoms with E-state index in [2.05, 4.69) is 15.3 Å². The van der Waals surface area contributed by atoms with Crippen molar-refractivity contribution in [2.24, 2.45) is 0 Å². The van der Waals surface area contributed by atoms with Crippen LogP contribution in [0.25, 0.3) is 11.0 Å². The third kappa shape index (κ3) is 3.95. The molecule has 2 N–H and O–H groups in total. The summed E-state index contributed by atoms with van der Waals surface area (Å²) in [4.78, 5) is 22.1. The van der Waals surface area contributed by atoms with Gasteiger partial charge in [0.1, 0.15) is 5.65 Å². The van der Waals surface area contributed by atoms with E-state index in [1.807, 2.05) is 0 Å². The Balaban J connectivity index is 1.65. The molecule has 4 rings (SSSR count). The lowest BCUT2D eigenvalue weighted by atomic mass is 9.99. The number of aliphatic hydroxyl groups is 1. The number of aromatic nitrogens is 3. The summed E-state index contributed by atoms with van der Waals surface area (Å²) >= 11 is 0. The average molecular weight is 436 g/mol. The maximum absolute atomic E-state index is 13.0. The molecule has 30 heavy (non-hydrogen) atoms. The molecule has 1 saturated carbocycles. The molecule has 1 unspecified atom stereocenters. The molecule has 0 spiro atoms. The molecule has 9 nitrogen and oxygen atoms in total. The molecule has 0 bridgehead atoms. The van der Waals surface area contributed by atoms with Gasteiger partial charge in [-0.15, -0.1) is 0 Å². The topological polar surface area (TPSA) is 117 Å². The van der Waals surface area contributed by atoms with Crippen molar-refractivity contribution in [3.05, 3.63) is 28.2 Å². The van der Waals surface area contributed by atoms with E-state index in [9.17, 15) is 18.3 Å². The number of sulfonamides is 1. The molecule has 1 aliphatic heterocycles. The molecule has 2 aromatic heterocycles. The normalized spacial score (nSPS) is 26.3. The van der Waals surface area contributed by atoms with E-state index in [4.69, 9.17) is 0 Å². The Hall–Kier alpha value is -2.04. The Morgan fingerprint density at radius 2 is 1.97 bits per heavy atom. The minimum atomic E-state index is -3.17. The fourth-order valence-electron chi connectivity index (χ4n) is 4.67. The Labute approximate surface area is 176 Å². The number of pyridine rings is 1. The SMILES string of the molecule is Cc1cc2cnc(NC3CCN(S(C)(=O)=O)CC3)nc2n(C2CCC[C@@]2(C)O)c1=O. The number of fused-ring (bicyclic) bond motifs is 1. The monoisotopic (exact) mass is 435 g/mol. The van der Waals surface area contributed by atoms with Gasteiger partial charge >= 0.3 is 0 Å². The summed E-state index contributed by atoms with van der Waals surface area (Å²) in [6.07, 6.45) is 6.47. The highest BCUT2D eigenvalue weighted by Crippen LogP contribution is 2.39. The van der Waals surface area contributed by atoms with Crippen molar-refractivity contribution in [3.63, 3.8) is 0 Å². The van der Waals surface area contributed by atoms with Crippen molar-refractivity contribution < 1.29 is 13.5 Å². The Morgan fingerprint density at radius 3 is 2.57 bits per heavy atom. The zero-order valence-corrected chi connectivity index (χ0v) is 18.4. The van der Waals surface area contributed by atoms with Crippen LogP contribution in [0.3, 0.4) is 0 Å². The third-order valence-electron chi connectivity index (χ3n) is 6.40. The van der Waals surface area contributed by atoms with Crippen LogP contribution in [0.4, 0.5) is 5.95 Å². The molecule has 2 aromatic rings. The van der Waals surface area contributed by atoms with Crippen LogP contribution in [-0.2, 0) is 10.0 Å². The van der Waals surface area contributed by atoms with E-state index in [-0.39, 0.29) is 17.6 Å². The lowest BCUT2D eigenvalue weighted by Gasteiger charge is -2.31. The number of piperidine rings is 1. The summed E-state index contributed by atoms with van der Waals surface area (Å²) in [6.45, 7) is 4.46. The fourth-order valence-corrected chi connectivity index (χ4v) is 5.54. The van der Waals surface area contributed by atoms with Gasteiger partial charge in [0.2, 0.25) is 16.0 Å². The number of anilines is 1. The summed E-state index contributed by atoms with van der Waals surface area (Å²) in [5.74, 6) is 0.412. The number of nitrogens with zero attached hydrogens (tertiary/aromatic N) is 4. The van der Waals surface area contributed by atoms with E-state index in [1.54, 1.807) is 30.7 Å². The van der Waals surface area contributed by atoms with Crippen molar-refractivity contribution in [1.82, 2.24) is 18.8 Å². The standard InChI is InChI=1S/C20H29N5O4S/c1-13-11-14-12-21-19(22-15-6-9-24(10-7-15)30(3,28)29)23-17(14)25(18(13)26)16-5-4-8-20(16,2)27/h11-12,15-16,27H,4-10H2,1-3H3,(H,21,22,23)/t16?,20-/m1/s1. The molecule has 3 heterocycles. The first kappa shape index (κ1) is 21.2. The van der Waals surface area contributed by atoms with Gasteiger partial charge < -0.3 is 10.4 Å². The Kier molecular flexibility index (Phi) is 5.36. The maximum Gasteiger partial charge on any atom is 0.255 e. The number of nitrogens with one attached hydrogen (secondary N) is 1. The summed E-state index contributed by atoms with van der Waals surface area (Å²) in [5, 5.41) is 14.9. The lowest BCUT2D eigenvalue weighted by Crippen LogP contribution is -2.42. The second kappa shape index (κ2) is 7.58. The van der Waals surface area contributed by atoms with Gasteiger partial charge in [-0.1, -0.05) is 0 Å². The number of hydrogen-bond acceptors (Lipinski definition) is 7. The van der Waals surface area contributed by atoms with Crippen LogP contribution in [0.2, 0.25) is 0 Å². The van der Waals surface area contributed by atoms with Gasteiger partial charge in [-0.3, -0.25) is 9.36 Å². The largest absolute Gasteiger partial charge is 0.388 e. The van der Waals surface area contributed by atoms with Gasteiger partial charge in [0.05, 0.1) is 17.9 Å². The molecule has 2 fully saturated rings. The minimum Gasteiger partial charge on any atom is -0.388 e. The molecule has 2 atom stereocenters. The van der Waals surface area contributed by atoms with Crippen LogP contribution in [0.1, 0.15) is 50.6 Å². The van der Waals surface area contributed by atoms with Crippen LogP contribution >= 0.6 is 0 Å². The average Bonchev–Trinajstić information content (AvgIpc) is 3.02.